The molecule has 4 nitrogen and oxygen atoms in total. The van der Waals surface area contributed by atoms with Crippen LogP contribution in [0.5, 0.6) is 0 Å². The fourth-order valence-corrected chi connectivity index (χ4v) is 9.07. The third-order valence-corrected chi connectivity index (χ3v) is 13.2. The van der Waals surface area contributed by atoms with E-state index in [0.29, 0.717) is 17.5 Å². The molecule has 7 rings (SSSR count). The number of hydrogen-bond donors (Lipinski definition) is 0. The molecule has 7 aromatic rings. The van der Waals surface area contributed by atoms with Crippen molar-refractivity contribution in [3.63, 3.8) is 0 Å². The lowest BCUT2D eigenvalue weighted by Crippen LogP contribution is -2.23. The van der Waals surface area contributed by atoms with Crippen molar-refractivity contribution in [2.45, 2.75) is 105 Å². The number of hydrogen-bond acceptors (Lipinski definition) is 4. The smallest absolute Gasteiger partial charge is 0.165 e. The summed E-state index contributed by atoms with van der Waals surface area (Å²) in [5.41, 5.74) is 15.3. The fraction of sp³-hybridized carbons (Fsp3) is 0.296. The molecule has 0 spiro atoms. The average molecular weight is 763 g/mol. The van der Waals surface area contributed by atoms with E-state index in [1.807, 2.05) is 6.20 Å². The molecule has 0 aliphatic carbocycles. The van der Waals surface area contributed by atoms with Crippen LogP contribution in [-0.2, 0) is 10.8 Å². The van der Waals surface area contributed by atoms with Gasteiger partial charge < -0.3 is 0 Å². The van der Waals surface area contributed by atoms with Crippen LogP contribution in [0.3, 0.4) is 0 Å². The van der Waals surface area contributed by atoms with Crippen LogP contribution < -0.4 is 0 Å². The van der Waals surface area contributed by atoms with Crippen molar-refractivity contribution < 1.29 is 0 Å². The highest BCUT2D eigenvalue weighted by molar-refractivity contribution is 5.84. The van der Waals surface area contributed by atoms with E-state index in [1.165, 1.54) is 44.5 Å². The Kier molecular flexibility index (Phi) is 12.1. The van der Waals surface area contributed by atoms with Gasteiger partial charge >= 0.3 is 0 Å². The van der Waals surface area contributed by atoms with Gasteiger partial charge in [-0.1, -0.05) is 168 Å². The van der Waals surface area contributed by atoms with E-state index < -0.39 is 0 Å². The Labute approximate surface area is 346 Å². The lowest BCUT2D eigenvalue weighted by Gasteiger charge is -2.31. The maximum Gasteiger partial charge on any atom is 0.165 e. The van der Waals surface area contributed by atoms with Crippen LogP contribution in [0.2, 0.25) is 0 Å². The molecule has 0 amide bonds. The van der Waals surface area contributed by atoms with Crippen molar-refractivity contribution in [2.75, 3.05) is 0 Å². The van der Waals surface area contributed by atoms with Gasteiger partial charge in [0.2, 0.25) is 0 Å². The van der Waals surface area contributed by atoms with Crippen LogP contribution in [0.15, 0.2) is 134 Å². The van der Waals surface area contributed by atoms with Gasteiger partial charge in [0, 0.05) is 28.5 Å². The predicted octanol–water partition coefficient (Wildman–Crippen LogP) is 14.8. The van der Waals surface area contributed by atoms with Crippen LogP contribution in [0.25, 0.3) is 67.7 Å². The summed E-state index contributed by atoms with van der Waals surface area (Å²) >= 11 is 0. The number of aryl methyl sites for hydroxylation is 2. The summed E-state index contributed by atoms with van der Waals surface area (Å²) in [6.45, 7) is 18.1. The van der Waals surface area contributed by atoms with Gasteiger partial charge in [-0.2, -0.15) is 0 Å². The molecule has 2 heterocycles. The maximum atomic E-state index is 5.09. The highest BCUT2D eigenvalue weighted by Crippen LogP contribution is 2.38. The maximum absolute atomic E-state index is 5.09. The van der Waals surface area contributed by atoms with Gasteiger partial charge in [-0.25, -0.2) is 15.0 Å². The second-order valence-corrected chi connectivity index (χ2v) is 16.1. The third-order valence-electron chi connectivity index (χ3n) is 13.2. The Morgan fingerprint density at radius 1 is 0.379 bits per heavy atom. The summed E-state index contributed by atoms with van der Waals surface area (Å²) in [5.74, 6) is 1.94. The Balaban J connectivity index is 1.23. The first-order valence-electron chi connectivity index (χ1n) is 21.4. The normalized spacial score (nSPS) is 11.9. The first-order chi connectivity index (χ1) is 28.2. The quantitative estimate of drug-likeness (QED) is 0.111. The summed E-state index contributed by atoms with van der Waals surface area (Å²) < 4.78 is 0. The van der Waals surface area contributed by atoms with Crippen LogP contribution in [-0.4, -0.2) is 19.9 Å². The summed E-state index contributed by atoms with van der Waals surface area (Å²) in [4.78, 5) is 20.2. The Hall–Kier alpha value is -5.74. The molecule has 294 valence electrons. The Morgan fingerprint density at radius 3 is 1.17 bits per heavy atom. The minimum atomic E-state index is 0.180. The lowest BCUT2D eigenvalue weighted by molar-refractivity contribution is 0.382. The number of nitrogens with zero attached hydrogens (tertiary/aromatic N) is 4. The Bertz CT molecular complexity index is 2340. The molecule has 0 radical (unpaired) electrons. The van der Waals surface area contributed by atoms with Crippen molar-refractivity contribution in [2.24, 2.45) is 0 Å². The molecule has 0 fully saturated rings. The topological polar surface area (TPSA) is 51.6 Å². The van der Waals surface area contributed by atoms with Gasteiger partial charge in [0.05, 0.1) is 5.69 Å². The van der Waals surface area contributed by atoms with Crippen LogP contribution in [0.4, 0.5) is 0 Å². The van der Waals surface area contributed by atoms with E-state index in [2.05, 4.69) is 183 Å². The number of aromatic nitrogens is 4. The molecule has 0 saturated carbocycles. The van der Waals surface area contributed by atoms with Crippen molar-refractivity contribution in [1.29, 1.82) is 0 Å². The zero-order valence-electron chi connectivity index (χ0n) is 35.7. The molecule has 0 aliphatic heterocycles. The zero-order valence-corrected chi connectivity index (χ0v) is 35.7. The molecular formula is C54H58N4. The molecule has 58 heavy (non-hydrogen) atoms. The average Bonchev–Trinajstić information content (AvgIpc) is 3.28. The number of benzene rings is 5. The van der Waals surface area contributed by atoms with E-state index in [9.17, 15) is 0 Å². The summed E-state index contributed by atoms with van der Waals surface area (Å²) in [6, 6.07) is 46.1. The van der Waals surface area contributed by atoms with E-state index >= 15 is 0 Å². The van der Waals surface area contributed by atoms with Gasteiger partial charge in [0.25, 0.3) is 0 Å². The first kappa shape index (κ1) is 40.5. The van der Waals surface area contributed by atoms with Gasteiger partial charge in [0.15, 0.2) is 17.5 Å². The molecule has 0 unspecified atom stereocenters. The monoisotopic (exact) mass is 762 g/mol. The van der Waals surface area contributed by atoms with E-state index in [4.69, 9.17) is 19.9 Å². The van der Waals surface area contributed by atoms with Gasteiger partial charge in [-0.3, -0.25) is 4.98 Å². The molecule has 5 aromatic carbocycles. The minimum Gasteiger partial charge on any atom is -0.255 e. The predicted molar refractivity (Wildman–Crippen MR) is 245 cm³/mol. The molecule has 0 saturated heterocycles. The molecule has 0 atom stereocenters. The molecule has 0 N–H and O–H groups in total. The lowest BCUT2D eigenvalue weighted by atomic mass is 9.74. The molecule has 0 bridgehead atoms. The van der Waals surface area contributed by atoms with Crippen LogP contribution >= 0.6 is 0 Å². The zero-order chi connectivity index (χ0) is 40.9. The highest BCUT2D eigenvalue weighted by Gasteiger charge is 2.27. The minimum absolute atomic E-state index is 0.180. The molecule has 0 aliphatic rings. The third kappa shape index (κ3) is 8.03. The van der Waals surface area contributed by atoms with Gasteiger partial charge in [0.1, 0.15) is 0 Å². The van der Waals surface area contributed by atoms with Crippen molar-refractivity contribution in [3.05, 3.63) is 156 Å². The van der Waals surface area contributed by atoms with Crippen molar-refractivity contribution in [3.8, 4) is 67.7 Å². The highest BCUT2D eigenvalue weighted by atomic mass is 15.0. The van der Waals surface area contributed by atoms with E-state index in [-0.39, 0.29) is 10.8 Å². The summed E-state index contributed by atoms with van der Waals surface area (Å²) in [6.07, 6.45) is 8.56. The largest absolute Gasteiger partial charge is 0.255 e. The summed E-state index contributed by atoms with van der Waals surface area (Å²) in [5, 5.41) is 0. The fourth-order valence-electron chi connectivity index (χ4n) is 9.07. The first-order valence-corrected chi connectivity index (χ1v) is 21.4. The van der Waals surface area contributed by atoms with Crippen LogP contribution in [0, 0.1) is 13.8 Å². The summed E-state index contributed by atoms with van der Waals surface area (Å²) in [7, 11) is 0. The number of pyridine rings is 1. The number of rotatable bonds is 14. The van der Waals surface area contributed by atoms with Crippen molar-refractivity contribution in [1.82, 2.24) is 19.9 Å². The van der Waals surface area contributed by atoms with E-state index in [0.717, 1.165) is 66.5 Å². The van der Waals surface area contributed by atoms with E-state index in [1.54, 1.807) is 0 Å². The Morgan fingerprint density at radius 2 is 0.759 bits per heavy atom. The second-order valence-electron chi connectivity index (χ2n) is 16.1. The standard InChI is InChI=1S/C54H58N4/c1-9-53(10-2,11-3)45-28-23-41(24-29-45)50-56-51(42-25-30-46(31-26-42)54(12-4,13-5)14-6)58-52(57-50)43-27-32-49(55-36-43)40-21-19-39(20-22-40)47-17-15-16-18-48(47)44-34-37(7)33-38(8)35-44/h15-36H,9-14H2,1-8H3. The molecule has 2 aromatic heterocycles. The van der Waals surface area contributed by atoms with Crippen molar-refractivity contribution >= 4 is 0 Å². The SMILES string of the molecule is CCC(CC)(CC)c1ccc(-c2nc(-c3ccc(C(CC)(CC)CC)cc3)nc(-c3ccc(-c4ccc(-c5ccccc5-c5cc(C)cc(C)c5)cc4)nc3)n2)cc1. The molecule has 4 heteroatoms. The van der Waals surface area contributed by atoms with Gasteiger partial charge in [-0.15, -0.1) is 0 Å². The second kappa shape index (κ2) is 17.4. The van der Waals surface area contributed by atoms with Gasteiger partial charge in [-0.05, 0) is 109 Å². The van der Waals surface area contributed by atoms with Crippen LogP contribution in [0.1, 0.15) is 102 Å². The molecular weight excluding hydrogens is 705 g/mol.